The van der Waals surface area contributed by atoms with Crippen molar-refractivity contribution in [1.82, 2.24) is 15.6 Å². The molecule has 6 rings (SSSR count). The molecule has 0 saturated carbocycles. The van der Waals surface area contributed by atoms with E-state index in [1.807, 2.05) is 30.5 Å². The Hall–Kier alpha value is -5.08. The number of aromatic amines is 1. The van der Waals surface area contributed by atoms with Crippen LogP contribution in [0.3, 0.4) is 0 Å². The van der Waals surface area contributed by atoms with Crippen LogP contribution < -0.4 is 24.8 Å². The minimum absolute atomic E-state index is 0.109. The van der Waals surface area contributed by atoms with Crippen molar-refractivity contribution >= 4 is 23.0 Å². The van der Waals surface area contributed by atoms with E-state index in [9.17, 15) is 4.79 Å². The molecular weight excluding hydrogens is 552 g/mol. The lowest BCUT2D eigenvalue weighted by Crippen LogP contribution is -2.49. The third-order valence-electron chi connectivity index (χ3n) is 8.23. The molecule has 0 aliphatic carbocycles. The molecule has 8 heteroatoms. The van der Waals surface area contributed by atoms with E-state index in [1.165, 1.54) is 0 Å². The lowest BCUT2D eigenvalue weighted by molar-refractivity contribution is -0.123. The molecule has 5 aromatic rings. The van der Waals surface area contributed by atoms with Crippen molar-refractivity contribution in [2.75, 3.05) is 28.4 Å². The average molecular weight is 589 g/mol. The van der Waals surface area contributed by atoms with Gasteiger partial charge in [-0.25, -0.2) is 0 Å². The molecule has 1 amide bonds. The van der Waals surface area contributed by atoms with Crippen LogP contribution in [0.4, 0.5) is 0 Å². The molecule has 3 N–H and O–H groups in total. The second kappa shape index (κ2) is 12.7. The van der Waals surface area contributed by atoms with Gasteiger partial charge in [0.25, 0.3) is 0 Å². The first-order valence-electron chi connectivity index (χ1n) is 14.6. The Balaban J connectivity index is 1.33. The zero-order valence-corrected chi connectivity index (χ0v) is 25.3. The van der Waals surface area contributed by atoms with Crippen molar-refractivity contribution in [3.8, 4) is 28.4 Å². The Morgan fingerprint density at radius 2 is 1.61 bits per heavy atom. The molecule has 0 unspecified atom stereocenters. The van der Waals surface area contributed by atoms with Crippen LogP contribution in [-0.4, -0.2) is 51.5 Å². The van der Waals surface area contributed by atoms with Crippen molar-refractivity contribution in [2.45, 2.75) is 25.0 Å². The van der Waals surface area contributed by atoms with E-state index >= 15 is 0 Å². The van der Waals surface area contributed by atoms with Gasteiger partial charge >= 0.3 is 0 Å². The van der Waals surface area contributed by atoms with E-state index in [4.69, 9.17) is 14.2 Å². The number of hydrogen-bond acceptors (Lipinski definition) is 6. The van der Waals surface area contributed by atoms with Gasteiger partial charge in [0.15, 0.2) is 0 Å². The molecule has 0 radical (unpaired) electrons. The predicted octanol–water partition coefficient (Wildman–Crippen LogP) is 5.83. The fraction of sp³-hybridized carbons (Fsp3) is 0.222. The maximum absolute atomic E-state index is 13.8. The van der Waals surface area contributed by atoms with Crippen LogP contribution in [0.1, 0.15) is 34.0 Å². The second-order valence-corrected chi connectivity index (χ2v) is 10.8. The van der Waals surface area contributed by atoms with E-state index in [2.05, 4.69) is 69.1 Å². The number of aliphatic imine (C=N–C) groups is 1. The number of hydrogen-bond donors (Lipinski definition) is 3. The van der Waals surface area contributed by atoms with Gasteiger partial charge in [-0.15, -0.1) is 0 Å². The van der Waals surface area contributed by atoms with Crippen LogP contribution in [0.25, 0.3) is 22.0 Å². The highest BCUT2D eigenvalue weighted by molar-refractivity contribution is 5.93. The standard InChI is InChI=1S/C36H36N4O4/c1-37-20-22-10-15-30-27(16-22)28-19-31(36(41)38-21-29-32(43-3)17-26(42-2)18-33(29)44-4)40-34(35(28)39-30)25-13-11-24(12-14-25)23-8-6-5-7-9-23/h5-18,20,31,34,39-40H,19,21H2,1-4H3,(H,38,41)/t31-,34+/m1/s1. The molecule has 2 heterocycles. The Kier molecular flexibility index (Phi) is 8.34. The zero-order valence-electron chi connectivity index (χ0n) is 25.3. The van der Waals surface area contributed by atoms with Crippen LogP contribution in [0, 0.1) is 0 Å². The third kappa shape index (κ3) is 5.64. The maximum Gasteiger partial charge on any atom is 0.237 e. The Bertz CT molecular complexity index is 1790. The fourth-order valence-corrected chi connectivity index (χ4v) is 6.01. The minimum atomic E-state index is -0.473. The number of ether oxygens (including phenoxy) is 3. The number of rotatable bonds is 9. The van der Waals surface area contributed by atoms with Gasteiger partial charge < -0.3 is 24.5 Å². The summed E-state index contributed by atoms with van der Waals surface area (Å²) in [6, 6.07) is 28.0. The van der Waals surface area contributed by atoms with Crippen molar-refractivity contribution < 1.29 is 19.0 Å². The van der Waals surface area contributed by atoms with E-state index < -0.39 is 6.04 Å². The fourth-order valence-electron chi connectivity index (χ4n) is 6.01. The number of carbonyl (C=O) groups excluding carboxylic acids is 1. The first-order valence-corrected chi connectivity index (χ1v) is 14.6. The van der Waals surface area contributed by atoms with Gasteiger partial charge in [0, 0.05) is 42.0 Å². The maximum atomic E-state index is 13.8. The summed E-state index contributed by atoms with van der Waals surface area (Å²) in [6.45, 7) is 0.238. The molecule has 0 bridgehead atoms. The Morgan fingerprint density at radius 3 is 2.27 bits per heavy atom. The normalized spacial score (nSPS) is 16.1. The van der Waals surface area contributed by atoms with Gasteiger partial charge in [-0.2, -0.15) is 0 Å². The monoisotopic (exact) mass is 588 g/mol. The van der Waals surface area contributed by atoms with Crippen molar-refractivity contribution in [3.63, 3.8) is 0 Å². The molecule has 1 aliphatic heterocycles. The number of aromatic nitrogens is 1. The van der Waals surface area contributed by atoms with Gasteiger partial charge in [0.1, 0.15) is 17.2 Å². The molecule has 2 atom stereocenters. The largest absolute Gasteiger partial charge is 0.496 e. The van der Waals surface area contributed by atoms with Crippen LogP contribution in [0.5, 0.6) is 17.2 Å². The third-order valence-corrected chi connectivity index (χ3v) is 8.23. The van der Waals surface area contributed by atoms with Crippen LogP contribution >= 0.6 is 0 Å². The summed E-state index contributed by atoms with van der Waals surface area (Å²) in [4.78, 5) is 21.7. The number of carbonyl (C=O) groups is 1. The summed E-state index contributed by atoms with van der Waals surface area (Å²) in [6.07, 6.45) is 2.38. The van der Waals surface area contributed by atoms with Crippen LogP contribution in [0.15, 0.2) is 89.9 Å². The highest BCUT2D eigenvalue weighted by atomic mass is 16.5. The predicted molar refractivity (Wildman–Crippen MR) is 174 cm³/mol. The first-order chi connectivity index (χ1) is 21.5. The average Bonchev–Trinajstić information content (AvgIpc) is 3.45. The van der Waals surface area contributed by atoms with E-state index in [0.29, 0.717) is 23.7 Å². The zero-order chi connectivity index (χ0) is 30.6. The quantitative estimate of drug-likeness (QED) is 0.188. The van der Waals surface area contributed by atoms with Crippen LogP contribution in [-0.2, 0) is 17.8 Å². The summed E-state index contributed by atoms with van der Waals surface area (Å²) >= 11 is 0. The molecule has 4 aromatic carbocycles. The van der Waals surface area contributed by atoms with Crippen molar-refractivity contribution in [1.29, 1.82) is 0 Å². The second-order valence-electron chi connectivity index (χ2n) is 10.8. The molecule has 0 fully saturated rings. The lowest BCUT2D eigenvalue weighted by Gasteiger charge is -2.31. The Labute approximate surface area is 257 Å². The first kappa shape index (κ1) is 29.0. The smallest absolute Gasteiger partial charge is 0.237 e. The topological polar surface area (TPSA) is 97.0 Å². The van der Waals surface area contributed by atoms with E-state index in [1.54, 1.807) is 40.5 Å². The number of fused-ring (bicyclic) bond motifs is 3. The summed E-state index contributed by atoms with van der Waals surface area (Å²) in [5.41, 5.74) is 8.36. The summed E-state index contributed by atoms with van der Waals surface area (Å²) in [5, 5.41) is 7.87. The highest BCUT2D eigenvalue weighted by Gasteiger charge is 2.34. The van der Waals surface area contributed by atoms with Gasteiger partial charge in [0.05, 0.1) is 45.5 Å². The van der Waals surface area contributed by atoms with Gasteiger partial charge in [-0.05, 0) is 46.4 Å². The molecule has 1 aromatic heterocycles. The molecule has 44 heavy (non-hydrogen) atoms. The van der Waals surface area contributed by atoms with Crippen molar-refractivity contribution in [2.24, 2.45) is 4.99 Å². The molecule has 1 aliphatic rings. The minimum Gasteiger partial charge on any atom is -0.496 e. The number of nitrogens with one attached hydrogen (secondary N) is 3. The summed E-state index contributed by atoms with van der Waals surface area (Å²) in [5.74, 6) is 1.67. The molecule has 224 valence electrons. The molecule has 0 saturated heterocycles. The lowest BCUT2D eigenvalue weighted by atomic mass is 9.89. The van der Waals surface area contributed by atoms with Crippen LogP contribution in [0.2, 0.25) is 0 Å². The Morgan fingerprint density at radius 1 is 0.909 bits per heavy atom. The number of H-pyrrole nitrogens is 1. The number of methoxy groups -OCH3 is 3. The van der Waals surface area contributed by atoms with E-state index in [-0.39, 0.29) is 18.5 Å². The number of nitrogens with zero attached hydrogens (tertiary/aromatic N) is 1. The highest BCUT2D eigenvalue weighted by Crippen LogP contribution is 2.37. The SMILES string of the molecule is CN=Cc1ccc2[nH]c3c(c2c1)C[C@H](C(=O)NCc1c(OC)cc(OC)cc1OC)N[C@H]3c1ccc(-c2ccccc2)cc1. The molecule has 0 spiro atoms. The van der Waals surface area contributed by atoms with Gasteiger partial charge in [-0.3, -0.25) is 15.1 Å². The van der Waals surface area contributed by atoms with Crippen molar-refractivity contribution in [3.05, 3.63) is 113 Å². The molecular formula is C36H36N4O4. The van der Waals surface area contributed by atoms with E-state index in [0.717, 1.165) is 50.0 Å². The molecule has 8 nitrogen and oxygen atoms in total. The van der Waals surface area contributed by atoms with Gasteiger partial charge in [0.2, 0.25) is 5.91 Å². The number of amides is 1. The summed E-state index contributed by atoms with van der Waals surface area (Å²) < 4.78 is 16.6. The van der Waals surface area contributed by atoms with Gasteiger partial charge in [-0.1, -0.05) is 60.7 Å². The summed E-state index contributed by atoms with van der Waals surface area (Å²) in [7, 11) is 6.54. The number of benzene rings is 4.